The zero-order valence-corrected chi connectivity index (χ0v) is 27.8. The molecule has 0 radical (unpaired) electrons. The third-order valence-corrected chi connectivity index (χ3v) is 6.27. The summed E-state index contributed by atoms with van der Waals surface area (Å²) in [5.41, 5.74) is 1.07. The second-order valence-corrected chi connectivity index (χ2v) is 11.8. The van der Waals surface area contributed by atoms with Crippen LogP contribution in [0, 0.1) is 0 Å². The molecule has 31 heavy (non-hydrogen) atoms. The predicted molar refractivity (Wildman–Crippen MR) is 132 cm³/mol. The van der Waals surface area contributed by atoms with Crippen LogP contribution in [0.4, 0.5) is 0 Å². The van der Waals surface area contributed by atoms with Gasteiger partial charge in [0, 0.05) is 29.7 Å². The molecule has 180 valence electrons. The van der Waals surface area contributed by atoms with E-state index in [4.69, 9.17) is 4.74 Å². The molecule has 0 unspecified atom stereocenters. The molecule has 0 atom stereocenters. The number of rotatable bonds is 0. The first-order chi connectivity index (χ1) is 13.8. The van der Waals surface area contributed by atoms with E-state index in [1.807, 2.05) is 0 Å². The van der Waals surface area contributed by atoms with Gasteiger partial charge in [-0.05, 0) is 101 Å². The second kappa shape index (κ2) is 15.6. The van der Waals surface area contributed by atoms with Crippen molar-refractivity contribution in [3.05, 3.63) is 5.32 Å². The van der Waals surface area contributed by atoms with Crippen molar-refractivity contribution in [2.24, 2.45) is 0 Å². The van der Waals surface area contributed by atoms with Crippen LogP contribution >= 0.6 is 0 Å². The summed E-state index contributed by atoms with van der Waals surface area (Å²) in [6, 6.07) is 0. The molecule has 5 nitrogen and oxygen atoms in total. The number of ether oxygens (including phenoxy) is 1. The fourth-order valence-electron chi connectivity index (χ4n) is 4.08. The van der Waals surface area contributed by atoms with Gasteiger partial charge < -0.3 is 15.0 Å². The molecule has 3 fully saturated rings. The smallest absolute Gasteiger partial charge is 0.660 e. The maximum absolute atomic E-state index is 5.25. The molecule has 0 aliphatic carbocycles. The van der Waals surface area contributed by atoms with Gasteiger partial charge in [0.05, 0.1) is 13.2 Å². The normalized spacial score (nSPS) is 22.4. The predicted octanol–water partition coefficient (Wildman–Crippen LogP) is 1.87. The van der Waals surface area contributed by atoms with Crippen molar-refractivity contribution in [3.8, 4) is 0 Å². The fourth-order valence-corrected chi connectivity index (χ4v) is 4.08. The molecule has 3 rings (SSSR count). The SMILES string of the molecule is CC(C)(C)N1CCCCC1.CC(C)(C)N1CCOCC1.CC(C)(C)N1CC[N-]CC1.[Rb+]. The summed E-state index contributed by atoms with van der Waals surface area (Å²) in [6.45, 7) is 31.4. The molecule has 0 aromatic heterocycles. The Labute approximate surface area is 244 Å². The number of morpholine rings is 1. The second-order valence-electron chi connectivity index (χ2n) is 11.8. The number of piperidine rings is 1. The summed E-state index contributed by atoms with van der Waals surface area (Å²) in [5, 5.41) is 4.30. The van der Waals surface area contributed by atoms with Crippen molar-refractivity contribution in [3.63, 3.8) is 0 Å². The Morgan fingerprint density at radius 3 is 1.16 bits per heavy atom. The minimum absolute atomic E-state index is 0. The summed E-state index contributed by atoms with van der Waals surface area (Å²) >= 11 is 0. The molecule has 0 aromatic rings. The molecule has 6 heteroatoms. The van der Waals surface area contributed by atoms with Gasteiger partial charge in [0.2, 0.25) is 0 Å². The molecule has 0 amide bonds. The quantitative estimate of drug-likeness (QED) is 0.498. The largest absolute Gasteiger partial charge is 1.00 e. The van der Waals surface area contributed by atoms with Gasteiger partial charge in [-0.3, -0.25) is 9.80 Å². The first-order valence-corrected chi connectivity index (χ1v) is 12.3. The summed E-state index contributed by atoms with van der Waals surface area (Å²) < 4.78 is 5.25. The van der Waals surface area contributed by atoms with Gasteiger partial charge in [-0.15, -0.1) is 13.1 Å². The van der Waals surface area contributed by atoms with E-state index < -0.39 is 0 Å². The van der Waals surface area contributed by atoms with E-state index in [1.54, 1.807) is 0 Å². The van der Waals surface area contributed by atoms with Crippen LogP contribution in [0.15, 0.2) is 0 Å². The van der Waals surface area contributed by atoms with Crippen LogP contribution in [-0.4, -0.2) is 96.9 Å². The van der Waals surface area contributed by atoms with Gasteiger partial charge >= 0.3 is 58.2 Å². The number of likely N-dealkylation sites (tertiary alicyclic amines) is 1. The monoisotopic (exact) mass is 510 g/mol. The molecule has 0 spiro atoms. The van der Waals surface area contributed by atoms with Crippen molar-refractivity contribution in [2.75, 3.05) is 65.6 Å². The molecule has 0 aromatic carbocycles. The van der Waals surface area contributed by atoms with E-state index >= 15 is 0 Å². The van der Waals surface area contributed by atoms with Crippen molar-refractivity contribution in [1.82, 2.24) is 14.7 Å². The molecule has 0 saturated carbocycles. The number of hydrogen-bond donors (Lipinski definition) is 0. The van der Waals surface area contributed by atoms with E-state index in [-0.39, 0.29) is 58.2 Å². The molecule has 3 saturated heterocycles. The Kier molecular flexibility index (Phi) is 16.4. The van der Waals surface area contributed by atoms with Crippen LogP contribution in [0.25, 0.3) is 5.32 Å². The maximum atomic E-state index is 5.25. The van der Waals surface area contributed by atoms with Gasteiger partial charge in [0.1, 0.15) is 0 Å². The molecule has 0 bridgehead atoms. The van der Waals surface area contributed by atoms with Crippen molar-refractivity contribution < 1.29 is 62.9 Å². The Bertz CT molecular complexity index is 369. The molecule has 3 aliphatic heterocycles. The average Bonchev–Trinajstić information content (AvgIpc) is 2.69. The summed E-state index contributed by atoms with van der Waals surface area (Å²) in [5.74, 6) is 0. The first kappa shape index (κ1) is 32.6. The third-order valence-electron chi connectivity index (χ3n) is 6.27. The van der Waals surface area contributed by atoms with Crippen molar-refractivity contribution in [2.45, 2.75) is 98.2 Å². The van der Waals surface area contributed by atoms with Crippen molar-refractivity contribution >= 4 is 0 Å². The number of hydrogen-bond acceptors (Lipinski definition) is 4. The van der Waals surface area contributed by atoms with Gasteiger partial charge in [0.25, 0.3) is 0 Å². The maximum Gasteiger partial charge on any atom is 1.00 e. The average molecular weight is 511 g/mol. The van der Waals surface area contributed by atoms with Crippen LogP contribution in [0.2, 0.25) is 0 Å². The van der Waals surface area contributed by atoms with E-state index in [0.717, 1.165) is 52.5 Å². The fraction of sp³-hybridized carbons (Fsp3) is 1.00. The van der Waals surface area contributed by atoms with Gasteiger partial charge in [-0.2, -0.15) is 0 Å². The topological polar surface area (TPSA) is 33.1 Å². The third kappa shape index (κ3) is 14.6. The van der Waals surface area contributed by atoms with Gasteiger partial charge in [-0.1, -0.05) is 6.42 Å². The van der Waals surface area contributed by atoms with E-state index in [2.05, 4.69) is 82.3 Å². The van der Waals surface area contributed by atoms with Gasteiger partial charge in [-0.25, -0.2) is 0 Å². The Hall–Kier alpha value is 1.61. The van der Waals surface area contributed by atoms with E-state index in [0.29, 0.717) is 16.6 Å². The number of piperazine rings is 1. The Morgan fingerprint density at radius 1 is 0.516 bits per heavy atom. The van der Waals surface area contributed by atoms with Gasteiger partial charge in [0.15, 0.2) is 0 Å². The molecule has 3 aliphatic rings. The molecule has 0 N–H and O–H groups in total. The summed E-state index contributed by atoms with van der Waals surface area (Å²) in [4.78, 5) is 7.52. The van der Waals surface area contributed by atoms with Crippen LogP contribution in [0.3, 0.4) is 0 Å². The molecular weight excluding hydrogens is 458 g/mol. The Morgan fingerprint density at radius 2 is 0.871 bits per heavy atom. The zero-order valence-electron chi connectivity index (χ0n) is 22.9. The summed E-state index contributed by atoms with van der Waals surface area (Å²) in [7, 11) is 0. The van der Waals surface area contributed by atoms with Crippen LogP contribution in [0.1, 0.15) is 81.6 Å². The van der Waals surface area contributed by atoms with Crippen LogP contribution < -0.4 is 58.2 Å². The van der Waals surface area contributed by atoms with Crippen molar-refractivity contribution in [1.29, 1.82) is 0 Å². The van der Waals surface area contributed by atoms with Crippen LogP contribution in [-0.2, 0) is 4.74 Å². The number of nitrogens with zero attached hydrogens (tertiary/aromatic N) is 4. The minimum Gasteiger partial charge on any atom is -0.660 e. The van der Waals surface area contributed by atoms with E-state index in [9.17, 15) is 0 Å². The Balaban J connectivity index is 0.000000429. The molecular formula is C25H53N4ORb. The first-order valence-electron chi connectivity index (χ1n) is 12.3. The molecule has 3 heterocycles. The minimum atomic E-state index is 0. The summed E-state index contributed by atoms with van der Waals surface area (Å²) in [6.07, 6.45) is 4.24. The van der Waals surface area contributed by atoms with E-state index in [1.165, 1.54) is 32.4 Å². The standard InChI is InChI=1S/C9H19N.C8H17N2.C8H17NO.Rb/c1-9(2,3)10-7-5-4-6-8-10;1-8(2,3)10-6-4-9-5-7-10;1-8(2,3)9-4-6-10-7-5-9;/h4-8H2,1-3H3;2*4-7H2,1-3H3;/q;-1;;+1. The zero-order chi connectivity index (χ0) is 22.8. The van der Waals surface area contributed by atoms with Crippen LogP contribution in [0.5, 0.6) is 0 Å².